The van der Waals surface area contributed by atoms with Gasteiger partial charge in [0.05, 0.1) is 18.0 Å². The lowest BCUT2D eigenvalue weighted by Crippen LogP contribution is -2.57. The lowest BCUT2D eigenvalue weighted by molar-refractivity contribution is -0.149. The van der Waals surface area contributed by atoms with Crippen LogP contribution in [0.25, 0.3) is 0 Å². The minimum atomic E-state index is -1.04. The van der Waals surface area contributed by atoms with E-state index in [0.717, 1.165) is 42.7 Å². The molecule has 2 heterocycles. The lowest BCUT2D eigenvalue weighted by Gasteiger charge is -2.39. The number of likely N-dealkylation sites (N-methyl/N-ethyl adjacent to an activating group) is 1. The molecule has 10 N–H and O–H groups in total. The molecule has 396 valence electrons. The van der Waals surface area contributed by atoms with Crippen molar-refractivity contribution in [1.82, 2.24) is 36.1 Å². The average Bonchev–Trinajstić information content (AvgIpc) is 3.81. The number of anilines is 1. The van der Waals surface area contributed by atoms with E-state index in [4.69, 9.17) is 16.2 Å². The smallest absolute Gasteiger partial charge is 0.312 e. The van der Waals surface area contributed by atoms with Crippen LogP contribution in [-0.2, 0) is 39.9 Å². The lowest BCUT2D eigenvalue weighted by atomic mass is 9.94. The third kappa shape index (κ3) is 19.5. The molecule has 0 bridgehead atoms. The van der Waals surface area contributed by atoms with Gasteiger partial charge < -0.3 is 52.8 Å². The van der Waals surface area contributed by atoms with Gasteiger partial charge in [0, 0.05) is 49.6 Å². The monoisotopic (exact) mass is 1010 g/mol. The number of carboxylic acids is 1. The number of carbonyl (C=O) groups is 8. The number of carboxylic acid groups (broad SMARTS) is 1. The number of carbonyl (C=O) groups excluding carboxylic acids is 7. The minimum absolute atomic E-state index is 0.0376. The predicted molar refractivity (Wildman–Crippen MR) is 272 cm³/mol. The predicted octanol–water partition coefficient (Wildman–Crippen LogP) is 4.48. The van der Waals surface area contributed by atoms with E-state index in [2.05, 4.69) is 31.6 Å². The van der Waals surface area contributed by atoms with Crippen molar-refractivity contribution < 1.29 is 48.2 Å². The first-order valence-corrected chi connectivity index (χ1v) is 25.9. The van der Waals surface area contributed by atoms with Gasteiger partial charge in [-0.15, -0.1) is 11.3 Å². The van der Waals surface area contributed by atoms with Gasteiger partial charge in [-0.3, -0.25) is 38.5 Å². The van der Waals surface area contributed by atoms with E-state index in [1.807, 2.05) is 39.6 Å². The number of likely N-dealkylation sites (tertiary alicyclic amines) is 1. The maximum absolute atomic E-state index is 14.5. The summed E-state index contributed by atoms with van der Waals surface area (Å²) in [5, 5.41) is 25.7. The first-order valence-electron chi connectivity index (χ1n) is 25.0. The van der Waals surface area contributed by atoms with Crippen LogP contribution >= 0.6 is 11.3 Å². The maximum Gasteiger partial charge on any atom is 0.312 e. The number of ether oxygens (including phenoxy) is 1. The van der Waals surface area contributed by atoms with E-state index < -0.39 is 77.9 Å². The van der Waals surface area contributed by atoms with E-state index in [1.54, 1.807) is 55.3 Å². The third-order valence-corrected chi connectivity index (χ3v) is 13.6. The topological polar surface area (TPSA) is 298 Å². The summed E-state index contributed by atoms with van der Waals surface area (Å²) in [6, 6.07) is 2.09. The molecule has 8 atom stereocenters. The van der Waals surface area contributed by atoms with Crippen molar-refractivity contribution in [1.29, 1.82) is 0 Å². The molecule has 2 aromatic rings. The van der Waals surface area contributed by atoms with Gasteiger partial charge in [-0.2, -0.15) is 0 Å². The molecule has 20 nitrogen and oxygen atoms in total. The Morgan fingerprint density at radius 1 is 0.901 bits per heavy atom. The summed E-state index contributed by atoms with van der Waals surface area (Å²) < 4.78 is 5.86. The second-order valence-corrected chi connectivity index (χ2v) is 20.3. The van der Waals surface area contributed by atoms with Gasteiger partial charge in [-0.05, 0) is 94.5 Å². The molecule has 0 saturated carbocycles. The Labute approximate surface area is 422 Å². The molecule has 1 aromatic carbocycles. The Kier molecular flexibility index (Phi) is 24.9. The van der Waals surface area contributed by atoms with Gasteiger partial charge in [-0.1, -0.05) is 73.4 Å². The van der Waals surface area contributed by atoms with Gasteiger partial charge in [0.1, 0.15) is 22.8 Å². The Hall–Kier alpha value is -5.67. The van der Waals surface area contributed by atoms with Gasteiger partial charge >= 0.3 is 18.0 Å². The number of nitrogens with one attached hydrogen (secondary N) is 5. The number of aromatic nitrogens is 1. The molecule has 3 rings (SSSR count). The number of nitrogens with zero attached hydrogens (tertiary/aromatic N) is 3. The number of primary amides is 1. The number of thiazole rings is 1. The van der Waals surface area contributed by atoms with E-state index in [0.29, 0.717) is 42.9 Å². The normalized spacial score (nSPS) is 16.9. The van der Waals surface area contributed by atoms with Crippen LogP contribution in [0.2, 0.25) is 0 Å². The number of rotatable bonds is 29. The summed E-state index contributed by atoms with van der Waals surface area (Å²) in [5.41, 5.74) is 12.4. The number of hydrogen-bond acceptors (Lipinski definition) is 13. The largest absolute Gasteiger partial charge is 0.481 e. The SMILES string of the molecule is CCC[C@H](NC(=O)[C@H]1CCCCN1C)C(=O)N(CCC)[C@H](C[C@@H](OC(C)=O)c1nc(C(=O)N[C@@H](Cc2ccc(NC(=O)[C@H](CCCNC(N)=O)NC(=O)[C@@H](N)C(C)C)cc2)C[C@H](C)C(=O)O)cs1)C(C)C. The summed E-state index contributed by atoms with van der Waals surface area (Å²) in [6.45, 7) is 15.7. The molecule has 1 aromatic heterocycles. The fourth-order valence-corrected chi connectivity index (χ4v) is 9.43. The van der Waals surface area contributed by atoms with Crippen molar-refractivity contribution in [3.05, 3.63) is 45.9 Å². The Morgan fingerprint density at radius 2 is 1.59 bits per heavy atom. The number of urea groups is 1. The van der Waals surface area contributed by atoms with Crippen LogP contribution in [0, 0.1) is 17.8 Å². The van der Waals surface area contributed by atoms with Gasteiger partial charge in [0.25, 0.3) is 5.91 Å². The van der Waals surface area contributed by atoms with Crippen molar-refractivity contribution in [3.8, 4) is 0 Å². The Morgan fingerprint density at radius 3 is 2.17 bits per heavy atom. The highest BCUT2D eigenvalue weighted by atomic mass is 32.1. The van der Waals surface area contributed by atoms with Crippen LogP contribution in [0.4, 0.5) is 10.5 Å². The molecular formula is C50H80N10O10S. The molecular weight excluding hydrogens is 933 g/mol. The highest BCUT2D eigenvalue weighted by Gasteiger charge is 2.37. The van der Waals surface area contributed by atoms with Crippen molar-refractivity contribution in [2.45, 2.75) is 168 Å². The molecule has 1 fully saturated rings. The maximum atomic E-state index is 14.5. The fourth-order valence-electron chi connectivity index (χ4n) is 8.59. The molecule has 0 radical (unpaired) electrons. The molecule has 21 heteroatoms. The van der Waals surface area contributed by atoms with Crippen LogP contribution in [0.3, 0.4) is 0 Å². The fraction of sp³-hybridized carbons (Fsp3) is 0.660. The summed E-state index contributed by atoms with van der Waals surface area (Å²) >= 11 is 1.13. The van der Waals surface area contributed by atoms with E-state index in [9.17, 15) is 43.5 Å². The average molecular weight is 1010 g/mol. The highest BCUT2D eigenvalue weighted by Crippen LogP contribution is 2.32. The molecule has 1 saturated heterocycles. The molecule has 0 aliphatic carbocycles. The van der Waals surface area contributed by atoms with Crippen LogP contribution in [-0.4, -0.2) is 130 Å². The van der Waals surface area contributed by atoms with Gasteiger partial charge in [0.15, 0.2) is 6.10 Å². The second-order valence-electron chi connectivity index (χ2n) is 19.4. The number of esters is 1. The summed E-state index contributed by atoms with van der Waals surface area (Å²) in [6.07, 6.45) is 4.55. The van der Waals surface area contributed by atoms with E-state index in [-0.39, 0.29) is 67.6 Å². The second kappa shape index (κ2) is 29.6. The van der Waals surface area contributed by atoms with E-state index in [1.165, 1.54) is 6.92 Å². The zero-order valence-electron chi connectivity index (χ0n) is 43.1. The quantitative estimate of drug-likeness (QED) is 0.0413. The number of aliphatic carboxylic acids is 1. The standard InChI is InChI=1S/C50H80N10O10S/c1-10-15-37(57-45(64)39-17-12-13-24-59(39)9)48(66)60(23-11-2)40(29(3)4)27-41(70-32(8)61)47-58-38(28-71-47)44(63)55-35(25-31(7)49(67)68)26-33-18-20-34(21-19-33)54-43(62)36(16-14-22-53-50(52)69)56-46(65)42(51)30(5)6/h18-21,28-31,35-37,39-42H,10-17,22-27,51H2,1-9H3,(H,54,62)(H,55,63)(H,56,65)(H,57,64)(H,67,68)(H3,52,53,69)/t31-,35+,36-,37-,39+,40+,41+,42-/m0/s1. The number of piperidine rings is 1. The van der Waals surface area contributed by atoms with E-state index >= 15 is 0 Å². The molecule has 7 amide bonds. The minimum Gasteiger partial charge on any atom is -0.481 e. The molecule has 0 unspecified atom stereocenters. The van der Waals surface area contributed by atoms with Crippen LogP contribution < -0.4 is 38.1 Å². The summed E-state index contributed by atoms with van der Waals surface area (Å²) in [4.78, 5) is 112. The Balaban J connectivity index is 1.82. The number of hydrogen-bond donors (Lipinski definition) is 8. The number of amides is 7. The third-order valence-electron chi connectivity index (χ3n) is 12.7. The first kappa shape index (κ1) is 59.6. The zero-order valence-corrected chi connectivity index (χ0v) is 43.9. The van der Waals surface area contributed by atoms with Crippen LogP contribution in [0.1, 0.15) is 147 Å². The summed E-state index contributed by atoms with van der Waals surface area (Å²) in [5.74, 6) is -4.64. The highest BCUT2D eigenvalue weighted by molar-refractivity contribution is 7.09. The van der Waals surface area contributed by atoms with Gasteiger partial charge in [0.2, 0.25) is 23.6 Å². The van der Waals surface area contributed by atoms with Crippen molar-refractivity contribution >= 4 is 64.5 Å². The van der Waals surface area contributed by atoms with Crippen molar-refractivity contribution in [2.24, 2.45) is 29.2 Å². The number of nitrogens with two attached hydrogens (primary N) is 2. The summed E-state index contributed by atoms with van der Waals surface area (Å²) in [7, 11) is 1.93. The van der Waals surface area contributed by atoms with Gasteiger partial charge in [-0.25, -0.2) is 9.78 Å². The zero-order chi connectivity index (χ0) is 52.9. The van der Waals surface area contributed by atoms with Crippen LogP contribution in [0.5, 0.6) is 0 Å². The van der Waals surface area contributed by atoms with Crippen molar-refractivity contribution in [2.75, 3.05) is 32.0 Å². The van der Waals surface area contributed by atoms with Crippen LogP contribution in [0.15, 0.2) is 29.6 Å². The molecule has 71 heavy (non-hydrogen) atoms. The first-order chi connectivity index (χ1) is 33.6. The van der Waals surface area contributed by atoms with Crippen molar-refractivity contribution in [3.63, 3.8) is 0 Å². The molecule has 1 aliphatic rings. The molecule has 0 spiro atoms. The Bertz CT molecular complexity index is 2080. The molecule has 1 aliphatic heterocycles. The number of benzene rings is 1.